The van der Waals surface area contributed by atoms with Gasteiger partial charge in [-0.3, -0.25) is 0 Å². The van der Waals surface area contributed by atoms with Crippen LogP contribution >= 0.6 is 23.2 Å². The van der Waals surface area contributed by atoms with E-state index in [9.17, 15) is 9.90 Å². The third kappa shape index (κ3) is 4.65. The van der Waals surface area contributed by atoms with Gasteiger partial charge in [0.2, 0.25) is 0 Å². The van der Waals surface area contributed by atoms with E-state index in [-0.39, 0.29) is 11.8 Å². The second-order valence-electron chi connectivity index (χ2n) is 6.64. The number of carboxylic acid groups (broad SMARTS) is 1. The monoisotopic (exact) mass is 366 g/mol. The molecule has 0 unspecified atom stereocenters. The Bertz CT molecular complexity index is 736. The van der Waals surface area contributed by atoms with E-state index in [4.69, 9.17) is 27.9 Å². The van der Waals surface area contributed by atoms with Gasteiger partial charge in [-0.1, -0.05) is 68.2 Å². The van der Waals surface area contributed by atoms with E-state index in [1.54, 1.807) is 24.3 Å². The third-order valence-corrected chi connectivity index (χ3v) is 4.38. The van der Waals surface area contributed by atoms with Crippen LogP contribution in [0, 0.1) is 0 Å². The molecule has 3 nitrogen and oxygen atoms in total. The van der Waals surface area contributed by atoms with E-state index < -0.39 is 12.1 Å². The molecular formula is C19H20Cl2O3. The van der Waals surface area contributed by atoms with Crippen LogP contribution < -0.4 is 4.74 Å². The van der Waals surface area contributed by atoms with E-state index in [2.05, 4.69) is 20.8 Å². The molecule has 0 amide bonds. The lowest BCUT2D eigenvalue weighted by atomic mass is 9.86. The normalized spacial score (nSPS) is 12.7. The number of rotatable bonds is 5. The Labute approximate surface area is 152 Å². The minimum atomic E-state index is -1.02. The lowest BCUT2D eigenvalue weighted by Gasteiger charge is -2.25. The van der Waals surface area contributed by atoms with Gasteiger partial charge >= 0.3 is 5.97 Å². The first-order chi connectivity index (χ1) is 11.2. The molecule has 24 heavy (non-hydrogen) atoms. The predicted octanol–water partition coefficient (Wildman–Crippen LogP) is 5.37. The Kier molecular flexibility index (Phi) is 5.79. The zero-order valence-corrected chi connectivity index (χ0v) is 15.4. The van der Waals surface area contributed by atoms with Crippen LogP contribution in [-0.2, 0) is 16.6 Å². The molecule has 1 N–H and O–H groups in total. The van der Waals surface area contributed by atoms with E-state index in [1.165, 1.54) is 0 Å². The largest absolute Gasteiger partial charge is 0.478 e. The summed E-state index contributed by atoms with van der Waals surface area (Å²) in [5.41, 5.74) is 1.57. The van der Waals surface area contributed by atoms with Crippen molar-refractivity contribution in [2.24, 2.45) is 0 Å². The fraction of sp³-hybridized carbons (Fsp3) is 0.316. The van der Waals surface area contributed by atoms with Crippen LogP contribution in [-0.4, -0.2) is 17.2 Å². The van der Waals surface area contributed by atoms with Crippen molar-refractivity contribution in [1.82, 2.24) is 0 Å². The highest BCUT2D eigenvalue weighted by atomic mass is 35.5. The maximum absolute atomic E-state index is 11.6. The Balaban J connectivity index is 2.27. The van der Waals surface area contributed by atoms with Crippen molar-refractivity contribution in [1.29, 1.82) is 0 Å². The molecule has 0 aliphatic rings. The minimum Gasteiger partial charge on any atom is -0.478 e. The van der Waals surface area contributed by atoms with Gasteiger partial charge in [-0.15, -0.1) is 0 Å². The van der Waals surface area contributed by atoms with Crippen LogP contribution in [0.25, 0.3) is 0 Å². The van der Waals surface area contributed by atoms with Crippen LogP contribution in [0.15, 0.2) is 42.5 Å². The van der Waals surface area contributed by atoms with Crippen molar-refractivity contribution in [2.45, 2.75) is 38.7 Å². The molecule has 0 saturated carbocycles. The van der Waals surface area contributed by atoms with Gasteiger partial charge in [0.1, 0.15) is 5.75 Å². The summed E-state index contributed by atoms with van der Waals surface area (Å²) in [5.74, 6) is -0.442. The number of hydrogen-bond acceptors (Lipinski definition) is 2. The molecule has 0 aromatic heterocycles. The van der Waals surface area contributed by atoms with E-state index in [0.717, 1.165) is 11.1 Å². The molecular weight excluding hydrogens is 347 g/mol. The number of carboxylic acids is 1. The van der Waals surface area contributed by atoms with Gasteiger partial charge in [0.05, 0.1) is 10.0 Å². The first-order valence-electron chi connectivity index (χ1n) is 7.61. The molecule has 0 spiro atoms. The van der Waals surface area contributed by atoms with Crippen molar-refractivity contribution in [3.63, 3.8) is 0 Å². The minimum absolute atomic E-state index is 0.150. The lowest BCUT2D eigenvalue weighted by Crippen LogP contribution is -2.30. The summed E-state index contributed by atoms with van der Waals surface area (Å²) < 4.78 is 5.83. The molecule has 0 radical (unpaired) electrons. The van der Waals surface area contributed by atoms with Crippen LogP contribution in [0.4, 0.5) is 0 Å². The SMILES string of the molecule is CC(C)(C)c1ccccc1O[C@@H](Cc1ccc(Cl)c(Cl)c1)C(=O)O. The second-order valence-corrected chi connectivity index (χ2v) is 7.46. The van der Waals surface area contributed by atoms with Gasteiger partial charge in [0.25, 0.3) is 0 Å². The summed E-state index contributed by atoms with van der Waals surface area (Å²) in [4.78, 5) is 11.6. The Morgan fingerprint density at radius 3 is 2.38 bits per heavy atom. The standard InChI is InChI=1S/C19H20Cl2O3/c1-19(2,3)13-6-4-5-7-16(13)24-17(18(22)23)11-12-8-9-14(20)15(21)10-12/h4-10,17H,11H2,1-3H3,(H,22,23)/t17-/m0/s1. The number of benzene rings is 2. The number of carbonyl (C=O) groups is 1. The van der Waals surface area contributed by atoms with Crippen molar-refractivity contribution in [3.05, 3.63) is 63.6 Å². The molecule has 0 fully saturated rings. The van der Waals surface area contributed by atoms with Gasteiger partial charge in [-0.25, -0.2) is 4.79 Å². The number of halogens is 2. The topological polar surface area (TPSA) is 46.5 Å². The molecule has 0 aliphatic heterocycles. The molecule has 2 aromatic rings. The summed E-state index contributed by atoms with van der Waals surface area (Å²) in [6, 6.07) is 12.6. The van der Waals surface area contributed by atoms with Crippen LogP contribution in [0.1, 0.15) is 31.9 Å². The van der Waals surface area contributed by atoms with Gasteiger partial charge in [-0.2, -0.15) is 0 Å². The molecule has 5 heteroatoms. The van der Waals surface area contributed by atoms with Crippen molar-refractivity contribution < 1.29 is 14.6 Å². The quantitative estimate of drug-likeness (QED) is 0.773. The molecule has 0 saturated heterocycles. The van der Waals surface area contributed by atoms with Crippen molar-refractivity contribution >= 4 is 29.2 Å². The maximum atomic E-state index is 11.6. The van der Waals surface area contributed by atoms with Crippen LogP contribution in [0.5, 0.6) is 5.75 Å². The highest BCUT2D eigenvalue weighted by Gasteiger charge is 2.25. The van der Waals surface area contributed by atoms with Crippen LogP contribution in [0.2, 0.25) is 10.0 Å². The van der Waals surface area contributed by atoms with Gasteiger partial charge in [0.15, 0.2) is 6.10 Å². The Morgan fingerprint density at radius 1 is 1.12 bits per heavy atom. The average Bonchev–Trinajstić information content (AvgIpc) is 2.49. The molecule has 2 aromatic carbocycles. The van der Waals surface area contributed by atoms with Gasteiger partial charge in [0, 0.05) is 6.42 Å². The van der Waals surface area contributed by atoms with Gasteiger partial charge in [-0.05, 0) is 34.7 Å². The number of aliphatic carboxylic acids is 1. The number of ether oxygens (including phenoxy) is 1. The average molecular weight is 367 g/mol. The number of para-hydroxylation sites is 1. The molecule has 128 valence electrons. The second kappa shape index (κ2) is 7.45. The molecule has 0 heterocycles. The zero-order valence-electron chi connectivity index (χ0n) is 13.8. The van der Waals surface area contributed by atoms with E-state index in [0.29, 0.717) is 15.8 Å². The number of hydrogen-bond donors (Lipinski definition) is 1. The zero-order chi connectivity index (χ0) is 17.9. The highest BCUT2D eigenvalue weighted by molar-refractivity contribution is 6.42. The maximum Gasteiger partial charge on any atom is 0.345 e. The summed E-state index contributed by atoms with van der Waals surface area (Å²) in [6.07, 6.45) is -0.809. The molecule has 0 aliphatic carbocycles. The summed E-state index contributed by atoms with van der Waals surface area (Å²) in [7, 11) is 0. The van der Waals surface area contributed by atoms with Crippen molar-refractivity contribution in [2.75, 3.05) is 0 Å². The first-order valence-corrected chi connectivity index (χ1v) is 8.37. The molecule has 0 bridgehead atoms. The predicted molar refractivity (Wildman–Crippen MR) is 97.4 cm³/mol. The smallest absolute Gasteiger partial charge is 0.345 e. The fourth-order valence-corrected chi connectivity index (χ4v) is 2.72. The summed E-state index contributed by atoms with van der Waals surface area (Å²) >= 11 is 11.9. The highest BCUT2D eigenvalue weighted by Crippen LogP contribution is 2.32. The van der Waals surface area contributed by atoms with E-state index >= 15 is 0 Å². The lowest BCUT2D eigenvalue weighted by molar-refractivity contribution is -0.145. The molecule has 1 atom stereocenters. The summed E-state index contributed by atoms with van der Waals surface area (Å²) in [5, 5.41) is 10.4. The van der Waals surface area contributed by atoms with Crippen molar-refractivity contribution in [3.8, 4) is 5.75 Å². The summed E-state index contributed by atoms with van der Waals surface area (Å²) in [6.45, 7) is 6.18. The van der Waals surface area contributed by atoms with Crippen LogP contribution in [0.3, 0.4) is 0 Å². The third-order valence-electron chi connectivity index (χ3n) is 3.64. The van der Waals surface area contributed by atoms with Gasteiger partial charge < -0.3 is 9.84 Å². The molecule has 2 rings (SSSR count). The first kappa shape index (κ1) is 18.6. The van der Waals surface area contributed by atoms with E-state index in [1.807, 2.05) is 18.2 Å². The fourth-order valence-electron chi connectivity index (χ4n) is 2.40. The Morgan fingerprint density at radius 2 is 1.79 bits per heavy atom. The Hall–Kier alpha value is -1.71.